The molecule has 0 aromatic heterocycles. The van der Waals surface area contributed by atoms with E-state index in [-0.39, 0.29) is 30.6 Å². The Bertz CT molecular complexity index is 833. The van der Waals surface area contributed by atoms with Crippen LogP contribution in [0.1, 0.15) is 50.0 Å². The smallest absolute Gasteiger partial charge is 0.242 e. The van der Waals surface area contributed by atoms with Crippen molar-refractivity contribution >= 4 is 27.2 Å². The quantitative estimate of drug-likeness (QED) is 0.722. The second-order valence-corrected chi connectivity index (χ2v) is 11.0. The Morgan fingerprint density at radius 1 is 1.21 bits per heavy atom. The molecule has 1 amide bonds. The van der Waals surface area contributed by atoms with Gasteiger partial charge in [0, 0.05) is 34.2 Å². The van der Waals surface area contributed by atoms with Crippen molar-refractivity contribution in [3.63, 3.8) is 0 Å². The molecule has 160 valence electrons. The minimum atomic E-state index is -2.36. The Balaban J connectivity index is 1.61. The van der Waals surface area contributed by atoms with E-state index in [1.807, 2.05) is 11.0 Å². The summed E-state index contributed by atoms with van der Waals surface area (Å²) in [6, 6.07) is 8.21. The number of benzene rings is 1. The van der Waals surface area contributed by atoms with Gasteiger partial charge < -0.3 is 15.0 Å². The average Bonchev–Trinajstić information content (AvgIpc) is 2.71. The van der Waals surface area contributed by atoms with Gasteiger partial charge in [-0.3, -0.25) is 9.00 Å². The molecule has 5 rings (SSSR count). The van der Waals surface area contributed by atoms with Crippen molar-refractivity contribution in [2.75, 3.05) is 31.3 Å². The maximum Gasteiger partial charge on any atom is 0.242 e. The highest BCUT2D eigenvalue weighted by Gasteiger charge is 2.36. The molecule has 1 aliphatic carbocycles. The Kier molecular flexibility index (Phi) is 6.18. The van der Waals surface area contributed by atoms with E-state index in [1.165, 1.54) is 5.56 Å². The maximum atomic E-state index is 13.1. The molecule has 7 heteroatoms. The van der Waals surface area contributed by atoms with Crippen LogP contribution in [0.5, 0.6) is 0 Å². The summed E-state index contributed by atoms with van der Waals surface area (Å²) in [5.74, 6) is 4.34. The molecule has 2 bridgehead atoms. The van der Waals surface area contributed by atoms with Crippen LogP contribution in [0.15, 0.2) is 24.3 Å². The van der Waals surface area contributed by atoms with Crippen LogP contribution in [0.25, 0.3) is 0 Å². The molecule has 2 N–H and O–H groups in total. The van der Waals surface area contributed by atoms with Gasteiger partial charge >= 0.3 is 0 Å². The number of rotatable bonds is 2. The van der Waals surface area contributed by atoms with Crippen molar-refractivity contribution in [3.05, 3.63) is 29.8 Å². The number of carbonyl (C=O) groups excluding carboxylic acids is 1. The van der Waals surface area contributed by atoms with E-state index >= 15 is 0 Å². The molecule has 4 aliphatic rings. The Morgan fingerprint density at radius 3 is 2.72 bits per heavy atom. The lowest BCUT2D eigenvalue weighted by Gasteiger charge is -2.42. The van der Waals surface area contributed by atoms with E-state index in [9.17, 15) is 9.00 Å². The van der Waals surface area contributed by atoms with Crippen molar-refractivity contribution in [1.82, 2.24) is 9.62 Å². The van der Waals surface area contributed by atoms with Crippen LogP contribution in [-0.4, -0.2) is 65.0 Å². The second kappa shape index (κ2) is 8.66. The average molecular weight is 420 g/mol. The highest BCUT2D eigenvalue weighted by Crippen LogP contribution is 2.38. The van der Waals surface area contributed by atoms with Crippen LogP contribution < -0.4 is 10.0 Å². The standard InChI is InChI=1S/C22H33N3O3S/c1-29(2,27)24-20-8-5-13-25-21(20)15-28-17-11-9-16(10-12-17)18-6-3-4-7-19(18)23-14-22(25)26/h3-4,6-7,16-17,20-21,23H,1,5,8-15H2,2H3,(H,24,27)/t16?,17?,20-,21?,29?/m0/s1. The van der Waals surface area contributed by atoms with Gasteiger partial charge in [-0.1, -0.05) is 18.2 Å². The van der Waals surface area contributed by atoms with Gasteiger partial charge in [0.15, 0.2) is 0 Å². The first-order valence-corrected chi connectivity index (χ1v) is 12.9. The van der Waals surface area contributed by atoms with Crippen molar-refractivity contribution in [2.24, 2.45) is 0 Å². The topological polar surface area (TPSA) is 70.7 Å². The Hall–Kier alpha value is -1.57. The third kappa shape index (κ3) is 4.95. The minimum Gasteiger partial charge on any atom is -0.376 e. The third-order valence-corrected chi connectivity index (χ3v) is 7.31. The normalized spacial score (nSPS) is 32.6. The molecular formula is C22H33N3O3S. The van der Waals surface area contributed by atoms with E-state index in [0.717, 1.165) is 44.2 Å². The van der Waals surface area contributed by atoms with E-state index in [0.29, 0.717) is 19.1 Å². The Labute approximate surface area is 174 Å². The monoisotopic (exact) mass is 419 g/mol. The Morgan fingerprint density at radius 2 is 1.97 bits per heavy atom. The van der Waals surface area contributed by atoms with E-state index in [1.54, 1.807) is 6.26 Å². The lowest BCUT2D eigenvalue weighted by Crippen LogP contribution is -2.59. The van der Waals surface area contributed by atoms with Crippen molar-refractivity contribution in [1.29, 1.82) is 0 Å². The number of nitrogens with zero attached hydrogens (tertiary/aromatic N) is 1. The van der Waals surface area contributed by atoms with Gasteiger partial charge in [0.2, 0.25) is 5.91 Å². The molecule has 1 saturated heterocycles. The number of ether oxygens (including phenoxy) is 1. The summed E-state index contributed by atoms with van der Waals surface area (Å²) in [4.78, 5) is 15.1. The molecule has 3 atom stereocenters. The summed E-state index contributed by atoms with van der Waals surface area (Å²) in [5, 5.41) is 3.41. The molecule has 3 aliphatic heterocycles. The first-order chi connectivity index (χ1) is 13.9. The van der Waals surface area contributed by atoms with E-state index < -0.39 is 9.71 Å². The van der Waals surface area contributed by atoms with Gasteiger partial charge in [0.25, 0.3) is 0 Å². The highest BCUT2D eigenvalue weighted by molar-refractivity contribution is 7.97. The largest absolute Gasteiger partial charge is 0.376 e. The number of piperidine rings is 1. The van der Waals surface area contributed by atoms with Crippen molar-refractivity contribution in [3.8, 4) is 0 Å². The van der Waals surface area contributed by atoms with E-state index in [4.69, 9.17) is 4.74 Å². The van der Waals surface area contributed by atoms with Gasteiger partial charge in [-0.2, -0.15) is 0 Å². The van der Waals surface area contributed by atoms with Crippen LogP contribution in [0.4, 0.5) is 5.69 Å². The molecule has 1 aromatic rings. The number of amides is 1. The molecule has 29 heavy (non-hydrogen) atoms. The number of carbonyl (C=O) groups is 1. The maximum absolute atomic E-state index is 13.1. The first-order valence-electron chi connectivity index (χ1n) is 10.7. The zero-order valence-corrected chi connectivity index (χ0v) is 18.1. The summed E-state index contributed by atoms with van der Waals surface area (Å²) >= 11 is 0. The second-order valence-electron chi connectivity index (χ2n) is 8.77. The van der Waals surface area contributed by atoms with Gasteiger partial charge in [-0.05, 0) is 61.9 Å². The SMILES string of the molecule is C=S(C)(=O)N[C@H]1CCCN2C(=O)CNc3ccccc3C3CCC(CC3)OCC12. The molecule has 0 spiro atoms. The molecule has 2 unspecified atom stereocenters. The first kappa shape index (κ1) is 20.7. The third-order valence-electron chi connectivity index (χ3n) is 6.51. The van der Waals surface area contributed by atoms with Crippen LogP contribution in [0.3, 0.4) is 0 Å². The summed E-state index contributed by atoms with van der Waals surface area (Å²) in [6.45, 7) is 1.47. The molecule has 0 radical (unpaired) electrons. The molecule has 1 saturated carbocycles. The summed E-state index contributed by atoms with van der Waals surface area (Å²) in [7, 11) is -2.36. The number of fused-ring (bicyclic) bond motifs is 5. The van der Waals surface area contributed by atoms with Crippen molar-refractivity contribution < 1.29 is 13.7 Å². The fourth-order valence-electron chi connectivity index (χ4n) is 5.09. The van der Waals surface area contributed by atoms with Crippen LogP contribution in [0.2, 0.25) is 0 Å². The summed E-state index contributed by atoms with van der Waals surface area (Å²) in [5.41, 5.74) is 2.39. The summed E-state index contributed by atoms with van der Waals surface area (Å²) in [6.07, 6.45) is 7.91. The van der Waals surface area contributed by atoms with Gasteiger partial charge in [0.05, 0.1) is 25.3 Å². The fraction of sp³-hybridized carbons (Fsp3) is 0.636. The van der Waals surface area contributed by atoms with E-state index in [2.05, 4.69) is 34.1 Å². The molecule has 6 nitrogen and oxygen atoms in total. The van der Waals surface area contributed by atoms with Crippen LogP contribution in [0, 0.1) is 0 Å². The fourth-order valence-corrected chi connectivity index (χ4v) is 6.01. The number of anilines is 1. The van der Waals surface area contributed by atoms with Gasteiger partial charge in [-0.15, -0.1) is 0 Å². The lowest BCUT2D eigenvalue weighted by atomic mass is 9.82. The molecule has 1 aromatic carbocycles. The predicted molar refractivity (Wildman–Crippen MR) is 119 cm³/mol. The zero-order valence-electron chi connectivity index (χ0n) is 17.3. The molecule has 3 heterocycles. The van der Waals surface area contributed by atoms with Crippen LogP contribution >= 0.6 is 0 Å². The number of hydrogen-bond donors (Lipinski definition) is 2. The highest BCUT2D eigenvalue weighted by atomic mass is 32.2. The van der Waals surface area contributed by atoms with Gasteiger partial charge in [0.1, 0.15) is 0 Å². The minimum absolute atomic E-state index is 0.0588. The van der Waals surface area contributed by atoms with Gasteiger partial charge in [-0.25, -0.2) is 4.72 Å². The molecule has 2 fully saturated rings. The molecular weight excluding hydrogens is 386 g/mol. The predicted octanol–water partition coefficient (Wildman–Crippen LogP) is 2.37. The number of para-hydroxylation sites is 1. The lowest BCUT2D eigenvalue weighted by molar-refractivity contribution is -0.136. The van der Waals surface area contributed by atoms with Crippen LogP contribution in [-0.2, 0) is 19.2 Å². The number of nitrogens with one attached hydrogen (secondary N) is 2. The number of hydrogen-bond acceptors (Lipinski definition) is 4. The van der Waals surface area contributed by atoms with Crippen molar-refractivity contribution in [2.45, 2.75) is 62.6 Å². The zero-order chi connectivity index (χ0) is 20.4. The summed E-state index contributed by atoms with van der Waals surface area (Å²) < 4.78 is 21.8.